The summed E-state index contributed by atoms with van der Waals surface area (Å²) in [5, 5.41) is 0.135. The second-order valence-corrected chi connectivity index (χ2v) is 5.48. The molecule has 1 aliphatic rings. The first-order valence-electron chi connectivity index (χ1n) is 5.44. The SMILES string of the molecule is C=CC(/C=C\C)=Nc1nc(Cl)nc2c1S(=O)CC2. The number of fused-ring (bicyclic) bond motifs is 1. The molecule has 1 aliphatic heterocycles. The first-order valence-corrected chi connectivity index (χ1v) is 7.14. The van der Waals surface area contributed by atoms with Gasteiger partial charge in [-0.15, -0.1) is 0 Å². The molecule has 0 aliphatic carbocycles. The van der Waals surface area contributed by atoms with E-state index in [1.165, 1.54) is 0 Å². The van der Waals surface area contributed by atoms with E-state index in [1.54, 1.807) is 12.2 Å². The molecule has 0 bridgehead atoms. The van der Waals surface area contributed by atoms with Crippen LogP contribution in [0.4, 0.5) is 5.82 Å². The van der Waals surface area contributed by atoms with Crippen molar-refractivity contribution in [1.29, 1.82) is 0 Å². The van der Waals surface area contributed by atoms with Crippen LogP contribution in [0.15, 0.2) is 34.7 Å². The van der Waals surface area contributed by atoms with E-state index in [2.05, 4.69) is 21.5 Å². The summed E-state index contributed by atoms with van der Waals surface area (Å²) in [7, 11) is -1.09. The van der Waals surface area contributed by atoms with Crippen LogP contribution in [0, 0.1) is 0 Å². The quantitative estimate of drug-likeness (QED) is 0.632. The van der Waals surface area contributed by atoms with Gasteiger partial charge >= 0.3 is 0 Å². The minimum atomic E-state index is -1.09. The molecule has 2 rings (SSSR count). The largest absolute Gasteiger partial charge is 0.254 e. The van der Waals surface area contributed by atoms with Crippen LogP contribution in [0.2, 0.25) is 5.28 Å². The summed E-state index contributed by atoms with van der Waals surface area (Å²) in [6, 6.07) is 0. The van der Waals surface area contributed by atoms with Gasteiger partial charge in [-0.25, -0.2) is 9.98 Å². The minimum Gasteiger partial charge on any atom is -0.254 e. The van der Waals surface area contributed by atoms with Gasteiger partial charge in [0.1, 0.15) is 4.90 Å². The van der Waals surface area contributed by atoms with Crippen molar-refractivity contribution in [2.24, 2.45) is 4.99 Å². The predicted octanol–water partition coefficient (Wildman–Crippen LogP) is 2.63. The second kappa shape index (κ2) is 5.54. The highest BCUT2D eigenvalue weighted by atomic mass is 35.5. The highest BCUT2D eigenvalue weighted by molar-refractivity contribution is 7.85. The van der Waals surface area contributed by atoms with Crippen molar-refractivity contribution in [2.75, 3.05) is 5.75 Å². The number of rotatable bonds is 3. The van der Waals surface area contributed by atoms with Gasteiger partial charge in [-0.3, -0.25) is 4.21 Å². The van der Waals surface area contributed by atoms with Crippen molar-refractivity contribution in [3.63, 3.8) is 0 Å². The summed E-state index contributed by atoms with van der Waals surface area (Å²) in [6.45, 7) is 5.56. The Morgan fingerprint density at radius 3 is 3.00 bits per heavy atom. The highest BCUT2D eigenvalue weighted by Gasteiger charge is 2.25. The molecule has 0 spiro atoms. The first kappa shape index (κ1) is 13.1. The molecule has 0 amide bonds. The standard InChI is InChI=1S/C12H12ClN3OS/c1-3-5-8(4-2)14-11-10-9(6-7-18(10)17)15-12(13)16-11/h3-5H,2,6-7H2,1H3/b5-3-,14-8?. The van der Waals surface area contributed by atoms with Crippen LogP contribution < -0.4 is 0 Å². The molecule has 0 aromatic carbocycles. The van der Waals surface area contributed by atoms with Gasteiger partial charge in [0.15, 0.2) is 5.82 Å². The van der Waals surface area contributed by atoms with E-state index in [4.69, 9.17) is 11.6 Å². The van der Waals surface area contributed by atoms with Gasteiger partial charge in [0.2, 0.25) is 5.28 Å². The van der Waals surface area contributed by atoms with E-state index in [-0.39, 0.29) is 5.28 Å². The van der Waals surface area contributed by atoms with Crippen molar-refractivity contribution < 1.29 is 4.21 Å². The Labute approximate surface area is 113 Å². The summed E-state index contributed by atoms with van der Waals surface area (Å²) in [5.41, 5.74) is 1.38. The fraction of sp³-hybridized carbons (Fsp3) is 0.250. The van der Waals surface area contributed by atoms with Crippen LogP contribution in [0.25, 0.3) is 0 Å². The topological polar surface area (TPSA) is 55.2 Å². The maximum Gasteiger partial charge on any atom is 0.224 e. The molecule has 0 saturated heterocycles. The molecule has 4 nitrogen and oxygen atoms in total. The fourth-order valence-electron chi connectivity index (χ4n) is 1.67. The van der Waals surface area contributed by atoms with Crippen LogP contribution in [0.5, 0.6) is 0 Å². The average molecular weight is 282 g/mol. The second-order valence-electron chi connectivity index (χ2n) is 3.63. The van der Waals surface area contributed by atoms with Crippen molar-refractivity contribution in [3.05, 3.63) is 35.8 Å². The highest BCUT2D eigenvalue weighted by Crippen LogP contribution is 2.30. The zero-order chi connectivity index (χ0) is 13.1. The molecule has 0 saturated carbocycles. The molecule has 94 valence electrons. The fourth-order valence-corrected chi connectivity index (χ4v) is 3.14. The molecule has 6 heteroatoms. The lowest BCUT2D eigenvalue weighted by atomic mass is 10.3. The number of allylic oxidation sites excluding steroid dienone is 3. The van der Waals surface area contributed by atoms with Gasteiger partial charge in [0.05, 0.1) is 22.2 Å². The number of aromatic nitrogens is 2. The molecular weight excluding hydrogens is 270 g/mol. The third-order valence-electron chi connectivity index (χ3n) is 2.42. The van der Waals surface area contributed by atoms with Crippen LogP contribution in [0.1, 0.15) is 12.6 Å². The smallest absolute Gasteiger partial charge is 0.224 e. The van der Waals surface area contributed by atoms with Crippen molar-refractivity contribution >= 4 is 33.9 Å². The molecule has 0 fully saturated rings. The predicted molar refractivity (Wildman–Crippen MR) is 74.1 cm³/mol. The lowest BCUT2D eigenvalue weighted by Gasteiger charge is -2.02. The van der Waals surface area contributed by atoms with Crippen LogP contribution in [0.3, 0.4) is 0 Å². The van der Waals surface area contributed by atoms with E-state index < -0.39 is 10.8 Å². The molecule has 1 atom stereocenters. The van der Waals surface area contributed by atoms with Crippen LogP contribution in [-0.2, 0) is 17.2 Å². The summed E-state index contributed by atoms with van der Waals surface area (Å²) in [4.78, 5) is 13.1. The van der Waals surface area contributed by atoms with Crippen molar-refractivity contribution in [1.82, 2.24) is 9.97 Å². The van der Waals surface area contributed by atoms with Crippen LogP contribution >= 0.6 is 11.6 Å². The Morgan fingerprint density at radius 1 is 1.56 bits per heavy atom. The van der Waals surface area contributed by atoms with Crippen molar-refractivity contribution in [2.45, 2.75) is 18.2 Å². The molecule has 1 aromatic rings. The Hall–Kier alpha value is -1.33. The van der Waals surface area contributed by atoms with Crippen molar-refractivity contribution in [3.8, 4) is 0 Å². The number of hydrogen-bond acceptors (Lipinski definition) is 4. The lowest BCUT2D eigenvalue weighted by Crippen LogP contribution is -1.96. The third-order valence-corrected chi connectivity index (χ3v) is 4.04. The maximum absolute atomic E-state index is 11.9. The normalized spacial score (nSPS) is 19.2. The number of aryl methyl sites for hydroxylation is 1. The number of hydrogen-bond donors (Lipinski definition) is 0. The van der Waals surface area contributed by atoms with E-state index in [0.717, 1.165) is 5.69 Å². The first-order chi connectivity index (χ1) is 8.65. The van der Waals surface area contributed by atoms with Gasteiger partial charge in [0, 0.05) is 12.2 Å². The van der Waals surface area contributed by atoms with E-state index >= 15 is 0 Å². The number of nitrogens with zero attached hydrogens (tertiary/aromatic N) is 3. The average Bonchev–Trinajstić information content (AvgIpc) is 2.70. The van der Waals surface area contributed by atoms with Gasteiger partial charge in [-0.05, 0) is 30.7 Å². The Morgan fingerprint density at radius 2 is 2.33 bits per heavy atom. The molecular formula is C12H12ClN3OS. The van der Waals surface area contributed by atoms with E-state index in [0.29, 0.717) is 28.6 Å². The monoisotopic (exact) mass is 281 g/mol. The molecule has 2 heterocycles. The van der Waals surface area contributed by atoms with E-state index in [9.17, 15) is 4.21 Å². The number of aliphatic imine (C=N–C) groups is 1. The van der Waals surface area contributed by atoms with Gasteiger partial charge < -0.3 is 0 Å². The number of halogens is 1. The zero-order valence-corrected chi connectivity index (χ0v) is 11.5. The van der Waals surface area contributed by atoms with Crippen LogP contribution in [-0.4, -0.2) is 25.6 Å². The zero-order valence-electron chi connectivity index (χ0n) is 9.89. The maximum atomic E-state index is 11.9. The minimum absolute atomic E-state index is 0.135. The Bertz CT molecular complexity index is 581. The Balaban J connectivity index is 2.58. The Kier molecular flexibility index (Phi) is 4.04. The molecule has 1 aromatic heterocycles. The summed E-state index contributed by atoms with van der Waals surface area (Å²) < 4.78 is 11.9. The summed E-state index contributed by atoms with van der Waals surface area (Å²) in [6.07, 6.45) is 5.91. The van der Waals surface area contributed by atoms with E-state index in [1.807, 2.05) is 13.0 Å². The van der Waals surface area contributed by atoms with Gasteiger partial charge in [-0.1, -0.05) is 12.7 Å². The lowest BCUT2D eigenvalue weighted by molar-refractivity contribution is 0.685. The molecule has 0 N–H and O–H groups in total. The molecule has 1 unspecified atom stereocenters. The van der Waals surface area contributed by atoms with Gasteiger partial charge in [-0.2, -0.15) is 4.98 Å². The third kappa shape index (κ3) is 2.57. The molecule has 0 radical (unpaired) electrons. The summed E-state index contributed by atoms with van der Waals surface area (Å²) >= 11 is 5.85. The van der Waals surface area contributed by atoms with Gasteiger partial charge in [0.25, 0.3) is 0 Å². The molecule has 18 heavy (non-hydrogen) atoms. The summed E-state index contributed by atoms with van der Waals surface area (Å²) in [5.74, 6) is 0.939.